The molecule has 0 saturated heterocycles. The van der Waals surface area contributed by atoms with Crippen molar-refractivity contribution in [1.29, 1.82) is 0 Å². The summed E-state index contributed by atoms with van der Waals surface area (Å²) in [7, 11) is 0. The molecule has 0 aromatic rings. The van der Waals surface area contributed by atoms with Crippen LogP contribution >= 0.6 is 11.8 Å². The zero-order valence-corrected chi connectivity index (χ0v) is 9.63. The highest BCUT2D eigenvalue weighted by Gasteiger charge is 2.30. The number of aliphatic hydroxyl groups is 1. The van der Waals surface area contributed by atoms with Gasteiger partial charge in [0.25, 0.3) is 0 Å². The van der Waals surface area contributed by atoms with Crippen molar-refractivity contribution in [2.24, 2.45) is 5.73 Å². The molecule has 0 aromatic carbocycles. The minimum atomic E-state index is -0.949. The van der Waals surface area contributed by atoms with Crippen molar-refractivity contribution in [3.8, 4) is 0 Å². The molecule has 0 amide bonds. The van der Waals surface area contributed by atoms with Gasteiger partial charge in [-0.1, -0.05) is 12.8 Å². The third kappa shape index (κ3) is 4.40. The summed E-state index contributed by atoms with van der Waals surface area (Å²) in [6, 6.07) is -0.768. The van der Waals surface area contributed by atoms with Crippen LogP contribution in [0.1, 0.15) is 32.1 Å². The SMILES string of the molecule is NC(CCSCC1(O)CCCC1)C(=O)O. The highest BCUT2D eigenvalue weighted by molar-refractivity contribution is 7.99. The Balaban J connectivity index is 2.08. The van der Waals surface area contributed by atoms with Crippen molar-refractivity contribution in [2.75, 3.05) is 11.5 Å². The van der Waals surface area contributed by atoms with E-state index in [4.69, 9.17) is 10.8 Å². The lowest BCUT2D eigenvalue weighted by Crippen LogP contribution is -2.31. The Hall–Kier alpha value is -0.260. The molecule has 15 heavy (non-hydrogen) atoms. The largest absolute Gasteiger partial charge is 0.480 e. The van der Waals surface area contributed by atoms with Gasteiger partial charge in [-0.25, -0.2) is 0 Å². The molecular formula is C10H19NO3S. The van der Waals surface area contributed by atoms with E-state index >= 15 is 0 Å². The van der Waals surface area contributed by atoms with E-state index in [1.165, 1.54) is 0 Å². The fraction of sp³-hybridized carbons (Fsp3) is 0.900. The Labute approximate surface area is 94.2 Å². The zero-order valence-electron chi connectivity index (χ0n) is 8.82. The Morgan fingerprint density at radius 1 is 1.47 bits per heavy atom. The van der Waals surface area contributed by atoms with Crippen molar-refractivity contribution < 1.29 is 15.0 Å². The Bertz CT molecular complexity index is 217. The molecule has 0 aromatic heterocycles. The molecule has 0 heterocycles. The Morgan fingerprint density at radius 3 is 2.60 bits per heavy atom. The van der Waals surface area contributed by atoms with Gasteiger partial charge in [0.1, 0.15) is 6.04 Å². The summed E-state index contributed by atoms with van der Waals surface area (Å²) in [5, 5.41) is 18.6. The first kappa shape index (κ1) is 12.8. The van der Waals surface area contributed by atoms with Crippen LogP contribution in [0.5, 0.6) is 0 Å². The van der Waals surface area contributed by atoms with Crippen LogP contribution in [-0.2, 0) is 4.79 Å². The van der Waals surface area contributed by atoms with E-state index in [1.807, 2.05) is 0 Å². The molecule has 1 atom stereocenters. The van der Waals surface area contributed by atoms with E-state index in [1.54, 1.807) is 11.8 Å². The maximum Gasteiger partial charge on any atom is 0.320 e. The summed E-state index contributed by atoms with van der Waals surface area (Å²) in [6.07, 6.45) is 4.43. The number of hydrogen-bond acceptors (Lipinski definition) is 4. The normalized spacial score (nSPS) is 21.5. The van der Waals surface area contributed by atoms with Crippen molar-refractivity contribution in [3.05, 3.63) is 0 Å². The molecule has 1 aliphatic carbocycles. The summed E-state index contributed by atoms with van der Waals surface area (Å²) in [5.74, 6) is 0.463. The van der Waals surface area contributed by atoms with Gasteiger partial charge in [0.05, 0.1) is 5.60 Å². The molecule has 1 saturated carbocycles. The van der Waals surface area contributed by atoms with Gasteiger partial charge in [-0.3, -0.25) is 4.79 Å². The number of carboxylic acids is 1. The summed E-state index contributed by atoms with van der Waals surface area (Å²) < 4.78 is 0. The first-order chi connectivity index (χ1) is 7.03. The molecular weight excluding hydrogens is 214 g/mol. The maximum atomic E-state index is 10.4. The molecule has 4 nitrogen and oxygen atoms in total. The van der Waals surface area contributed by atoms with Crippen LogP contribution in [-0.4, -0.2) is 39.3 Å². The standard InChI is InChI=1S/C10H19NO3S/c11-8(9(12)13)3-6-15-7-10(14)4-1-2-5-10/h8,14H,1-7,11H2,(H,12,13). The second-order valence-electron chi connectivity index (χ2n) is 4.22. The monoisotopic (exact) mass is 233 g/mol. The van der Waals surface area contributed by atoms with Crippen LogP contribution < -0.4 is 5.73 Å². The van der Waals surface area contributed by atoms with Crippen molar-refractivity contribution in [2.45, 2.75) is 43.7 Å². The minimum absolute atomic E-state index is 0.468. The van der Waals surface area contributed by atoms with Gasteiger partial charge in [0, 0.05) is 5.75 Å². The summed E-state index contributed by atoms with van der Waals surface area (Å²) in [6.45, 7) is 0. The highest BCUT2D eigenvalue weighted by atomic mass is 32.2. The maximum absolute atomic E-state index is 10.4. The summed E-state index contributed by atoms with van der Waals surface area (Å²) in [5.41, 5.74) is 4.87. The number of hydrogen-bond donors (Lipinski definition) is 3. The van der Waals surface area contributed by atoms with Crippen LogP contribution in [0.15, 0.2) is 0 Å². The van der Waals surface area contributed by atoms with Gasteiger partial charge >= 0.3 is 5.97 Å². The van der Waals surface area contributed by atoms with Gasteiger partial charge in [-0.15, -0.1) is 0 Å². The van der Waals surface area contributed by atoms with Crippen molar-refractivity contribution in [3.63, 3.8) is 0 Å². The van der Waals surface area contributed by atoms with Gasteiger partial charge in [-0.05, 0) is 25.0 Å². The average molecular weight is 233 g/mol. The number of aliphatic carboxylic acids is 1. The summed E-state index contributed by atoms with van der Waals surface area (Å²) in [4.78, 5) is 10.4. The van der Waals surface area contributed by atoms with Crippen molar-refractivity contribution >= 4 is 17.7 Å². The second kappa shape index (κ2) is 5.72. The van der Waals surface area contributed by atoms with E-state index in [-0.39, 0.29) is 0 Å². The molecule has 88 valence electrons. The molecule has 0 aliphatic heterocycles. The lowest BCUT2D eigenvalue weighted by Gasteiger charge is -2.21. The van der Waals surface area contributed by atoms with E-state index in [0.717, 1.165) is 25.7 Å². The Kier molecular flexibility index (Phi) is 4.89. The fourth-order valence-electron chi connectivity index (χ4n) is 1.77. The van der Waals surface area contributed by atoms with Crippen LogP contribution in [0.2, 0.25) is 0 Å². The summed E-state index contributed by atoms with van der Waals surface area (Å²) >= 11 is 1.60. The number of carboxylic acid groups (broad SMARTS) is 1. The predicted molar refractivity (Wildman–Crippen MR) is 61.0 cm³/mol. The van der Waals surface area contributed by atoms with Crippen LogP contribution in [0.25, 0.3) is 0 Å². The number of carbonyl (C=O) groups is 1. The van der Waals surface area contributed by atoms with E-state index in [0.29, 0.717) is 17.9 Å². The van der Waals surface area contributed by atoms with Crippen LogP contribution in [0.3, 0.4) is 0 Å². The third-order valence-corrected chi connectivity index (χ3v) is 4.06. The molecule has 1 unspecified atom stereocenters. The number of rotatable bonds is 6. The minimum Gasteiger partial charge on any atom is -0.480 e. The van der Waals surface area contributed by atoms with Crippen molar-refractivity contribution in [1.82, 2.24) is 0 Å². The van der Waals surface area contributed by atoms with Gasteiger partial charge in [-0.2, -0.15) is 11.8 Å². The Morgan fingerprint density at radius 2 is 2.07 bits per heavy atom. The second-order valence-corrected chi connectivity index (χ2v) is 5.32. The third-order valence-electron chi connectivity index (χ3n) is 2.80. The molecule has 5 heteroatoms. The molecule has 1 aliphatic rings. The molecule has 4 N–H and O–H groups in total. The molecule has 1 fully saturated rings. The van der Waals surface area contributed by atoms with Gasteiger partial charge < -0.3 is 15.9 Å². The highest BCUT2D eigenvalue weighted by Crippen LogP contribution is 2.32. The number of nitrogens with two attached hydrogens (primary N) is 1. The predicted octanol–water partition coefficient (Wildman–Crippen LogP) is 0.827. The average Bonchev–Trinajstić information content (AvgIpc) is 2.60. The lowest BCUT2D eigenvalue weighted by molar-refractivity contribution is -0.138. The molecule has 1 rings (SSSR count). The topological polar surface area (TPSA) is 83.5 Å². The van der Waals surface area contributed by atoms with E-state index in [2.05, 4.69) is 0 Å². The van der Waals surface area contributed by atoms with Crippen LogP contribution in [0, 0.1) is 0 Å². The van der Waals surface area contributed by atoms with E-state index < -0.39 is 17.6 Å². The van der Waals surface area contributed by atoms with E-state index in [9.17, 15) is 9.90 Å². The zero-order chi connectivity index (χ0) is 11.3. The smallest absolute Gasteiger partial charge is 0.320 e. The molecule has 0 bridgehead atoms. The first-order valence-electron chi connectivity index (χ1n) is 5.32. The molecule has 0 radical (unpaired) electrons. The lowest BCUT2D eigenvalue weighted by atomic mass is 10.1. The molecule has 0 spiro atoms. The quantitative estimate of drug-likeness (QED) is 0.592. The number of thioether (sulfide) groups is 1. The fourth-order valence-corrected chi connectivity index (χ4v) is 3.01. The van der Waals surface area contributed by atoms with Crippen LogP contribution in [0.4, 0.5) is 0 Å². The first-order valence-corrected chi connectivity index (χ1v) is 6.47. The van der Waals surface area contributed by atoms with Gasteiger partial charge in [0.2, 0.25) is 0 Å². The van der Waals surface area contributed by atoms with Gasteiger partial charge in [0.15, 0.2) is 0 Å².